The second-order valence-corrected chi connectivity index (χ2v) is 3.29. The van der Waals surface area contributed by atoms with E-state index in [0.717, 1.165) is 22.3 Å². The third kappa shape index (κ3) is 1.65. The Hall–Kier alpha value is -1.90. The first-order valence-corrected chi connectivity index (χ1v) is 4.91. The second kappa shape index (κ2) is 4.31. The fraction of sp³-hybridized carbons (Fsp3) is 0.231. The van der Waals surface area contributed by atoms with Gasteiger partial charge in [-0.3, -0.25) is 0 Å². The Morgan fingerprint density at radius 3 is 2.31 bits per heavy atom. The zero-order chi connectivity index (χ0) is 11.5. The Bertz CT molecular complexity index is 506. The van der Waals surface area contributed by atoms with Crippen molar-refractivity contribution < 1.29 is 14.2 Å². The SMILES string of the molecule is COc1[c]c2c(OC)cccc2c(OC)c1. The normalized spacial score (nSPS) is 10.2. The minimum absolute atomic E-state index is 0.633. The van der Waals surface area contributed by atoms with E-state index in [2.05, 4.69) is 6.07 Å². The Kier molecular flexibility index (Phi) is 2.86. The van der Waals surface area contributed by atoms with E-state index in [1.165, 1.54) is 0 Å². The Morgan fingerprint density at radius 2 is 1.69 bits per heavy atom. The zero-order valence-electron chi connectivity index (χ0n) is 9.53. The highest BCUT2D eigenvalue weighted by Gasteiger charge is 2.09. The summed E-state index contributed by atoms with van der Waals surface area (Å²) in [5.74, 6) is 2.15. The van der Waals surface area contributed by atoms with Crippen LogP contribution in [0.4, 0.5) is 0 Å². The van der Waals surface area contributed by atoms with E-state index in [0.29, 0.717) is 5.75 Å². The van der Waals surface area contributed by atoms with Crippen molar-refractivity contribution in [1.82, 2.24) is 0 Å². The maximum atomic E-state index is 5.31. The smallest absolute Gasteiger partial charge is 0.131 e. The summed E-state index contributed by atoms with van der Waals surface area (Å²) in [5, 5.41) is 1.82. The number of hydrogen-bond acceptors (Lipinski definition) is 3. The molecule has 0 aliphatic carbocycles. The predicted molar refractivity (Wildman–Crippen MR) is 62.4 cm³/mol. The van der Waals surface area contributed by atoms with Gasteiger partial charge in [-0.2, -0.15) is 0 Å². The van der Waals surface area contributed by atoms with Gasteiger partial charge in [-0.25, -0.2) is 0 Å². The molecule has 0 saturated carbocycles. The molecule has 2 aromatic carbocycles. The highest BCUT2D eigenvalue weighted by atomic mass is 16.5. The van der Waals surface area contributed by atoms with Gasteiger partial charge >= 0.3 is 0 Å². The van der Waals surface area contributed by atoms with Crippen LogP contribution in [0, 0.1) is 6.07 Å². The third-order valence-corrected chi connectivity index (χ3v) is 2.46. The maximum absolute atomic E-state index is 5.31. The molecule has 2 rings (SSSR count). The van der Waals surface area contributed by atoms with Crippen LogP contribution in [0.1, 0.15) is 0 Å². The lowest BCUT2D eigenvalue weighted by Gasteiger charge is -2.10. The van der Waals surface area contributed by atoms with E-state index < -0.39 is 0 Å². The lowest BCUT2D eigenvalue weighted by atomic mass is 10.1. The molecular weight excluding hydrogens is 204 g/mol. The van der Waals surface area contributed by atoms with Crippen molar-refractivity contribution in [2.24, 2.45) is 0 Å². The molecule has 3 nitrogen and oxygen atoms in total. The number of methoxy groups -OCH3 is 3. The van der Waals surface area contributed by atoms with Crippen molar-refractivity contribution in [2.75, 3.05) is 21.3 Å². The van der Waals surface area contributed by atoms with Crippen LogP contribution < -0.4 is 14.2 Å². The van der Waals surface area contributed by atoms with E-state index in [1.807, 2.05) is 24.3 Å². The van der Waals surface area contributed by atoms with Gasteiger partial charge in [0, 0.05) is 22.9 Å². The molecule has 3 heteroatoms. The summed E-state index contributed by atoms with van der Waals surface area (Å²) in [4.78, 5) is 0. The Balaban J connectivity index is 2.78. The highest BCUT2D eigenvalue weighted by molar-refractivity contribution is 5.93. The summed E-state index contributed by atoms with van der Waals surface area (Å²) in [7, 11) is 4.87. The summed E-state index contributed by atoms with van der Waals surface area (Å²) >= 11 is 0. The predicted octanol–water partition coefficient (Wildman–Crippen LogP) is 2.67. The van der Waals surface area contributed by atoms with Crippen LogP contribution in [0.2, 0.25) is 0 Å². The molecule has 1 radical (unpaired) electrons. The summed E-state index contributed by atoms with van der Waals surface area (Å²) in [5.41, 5.74) is 0. The molecule has 0 aromatic heterocycles. The van der Waals surface area contributed by atoms with Crippen molar-refractivity contribution in [2.45, 2.75) is 0 Å². The molecule has 16 heavy (non-hydrogen) atoms. The number of rotatable bonds is 3. The van der Waals surface area contributed by atoms with Crippen LogP contribution in [0.15, 0.2) is 24.3 Å². The van der Waals surface area contributed by atoms with E-state index in [9.17, 15) is 0 Å². The van der Waals surface area contributed by atoms with Gasteiger partial charge in [0.05, 0.1) is 21.3 Å². The van der Waals surface area contributed by atoms with Crippen LogP contribution in [-0.2, 0) is 0 Å². The zero-order valence-corrected chi connectivity index (χ0v) is 9.53. The monoisotopic (exact) mass is 217 g/mol. The molecule has 0 bridgehead atoms. The van der Waals surface area contributed by atoms with Crippen LogP contribution in [-0.4, -0.2) is 21.3 Å². The summed E-state index contributed by atoms with van der Waals surface area (Å²) in [6, 6.07) is 10.7. The molecule has 0 heterocycles. The lowest BCUT2D eigenvalue weighted by molar-refractivity contribution is 0.395. The van der Waals surface area contributed by atoms with Gasteiger partial charge in [0.15, 0.2) is 0 Å². The number of hydrogen-bond donors (Lipinski definition) is 0. The largest absolute Gasteiger partial charge is 0.496 e. The van der Waals surface area contributed by atoms with Gasteiger partial charge in [-0.15, -0.1) is 0 Å². The molecule has 0 unspecified atom stereocenters. The summed E-state index contributed by atoms with van der Waals surface area (Å²) < 4.78 is 15.8. The standard InChI is InChI=1S/C13H13O3/c1-14-9-7-11-10(13(8-9)16-3)5-4-6-12(11)15-2/h4-6,8H,1-3H3. The lowest BCUT2D eigenvalue weighted by Crippen LogP contribution is -1.91. The van der Waals surface area contributed by atoms with Gasteiger partial charge in [-0.1, -0.05) is 12.1 Å². The van der Waals surface area contributed by atoms with Crippen molar-refractivity contribution in [1.29, 1.82) is 0 Å². The first-order chi connectivity index (χ1) is 7.80. The van der Waals surface area contributed by atoms with Gasteiger partial charge in [0.2, 0.25) is 0 Å². The van der Waals surface area contributed by atoms with E-state index >= 15 is 0 Å². The molecule has 0 aliphatic heterocycles. The van der Waals surface area contributed by atoms with Crippen LogP contribution >= 0.6 is 0 Å². The van der Waals surface area contributed by atoms with E-state index in [4.69, 9.17) is 14.2 Å². The van der Waals surface area contributed by atoms with Crippen LogP contribution in [0.5, 0.6) is 17.2 Å². The molecule has 0 saturated heterocycles. The van der Waals surface area contributed by atoms with Crippen molar-refractivity contribution in [3.63, 3.8) is 0 Å². The fourth-order valence-electron chi connectivity index (χ4n) is 1.67. The molecule has 83 valence electrons. The highest BCUT2D eigenvalue weighted by Crippen LogP contribution is 2.35. The molecule has 0 N–H and O–H groups in total. The average Bonchev–Trinajstić information content (AvgIpc) is 2.36. The maximum Gasteiger partial charge on any atom is 0.131 e. The average molecular weight is 217 g/mol. The van der Waals surface area contributed by atoms with Crippen LogP contribution in [0.25, 0.3) is 10.8 Å². The Morgan fingerprint density at radius 1 is 0.938 bits per heavy atom. The Labute approximate surface area is 94.5 Å². The first-order valence-electron chi connectivity index (χ1n) is 4.91. The molecular formula is C13H13O3. The number of ether oxygens (including phenoxy) is 3. The minimum Gasteiger partial charge on any atom is -0.496 e. The summed E-state index contributed by atoms with van der Waals surface area (Å²) in [6.45, 7) is 0. The molecule has 2 aromatic rings. The minimum atomic E-state index is 0.633. The van der Waals surface area contributed by atoms with Crippen LogP contribution in [0.3, 0.4) is 0 Å². The third-order valence-electron chi connectivity index (χ3n) is 2.46. The fourth-order valence-corrected chi connectivity index (χ4v) is 1.67. The topological polar surface area (TPSA) is 27.7 Å². The van der Waals surface area contributed by atoms with E-state index in [1.54, 1.807) is 21.3 Å². The van der Waals surface area contributed by atoms with Crippen molar-refractivity contribution in [3.05, 3.63) is 30.3 Å². The number of fused-ring (bicyclic) bond motifs is 1. The van der Waals surface area contributed by atoms with Gasteiger partial charge in [0.25, 0.3) is 0 Å². The molecule has 0 amide bonds. The molecule has 0 fully saturated rings. The van der Waals surface area contributed by atoms with Gasteiger partial charge < -0.3 is 14.2 Å². The van der Waals surface area contributed by atoms with Crippen molar-refractivity contribution >= 4 is 10.8 Å². The van der Waals surface area contributed by atoms with Crippen molar-refractivity contribution in [3.8, 4) is 17.2 Å². The second-order valence-electron chi connectivity index (χ2n) is 3.29. The molecule has 0 aliphatic rings. The van der Waals surface area contributed by atoms with E-state index in [-0.39, 0.29) is 0 Å². The quantitative estimate of drug-likeness (QED) is 0.791. The molecule has 0 spiro atoms. The summed E-state index contributed by atoms with van der Waals surface area (Å²) in [6.07, 6.45) is 0. The first kappa shape index (κ1) is 10.6. The van der Waals surface area contributed by atoms with Gasteiger partial charge in [-0.05, 0) is 6.07 Å². The molecule has 0 atom stereocenters. The number of benzene rings is 2. The van der Waals surface area contributed by atoms with Gasteiger partial charge in [0.1, 0.15) is 17.2 Å².